The summed E-state index contributed by atoms with van der Waals surface area (Å²) in [6.07, 6.45) is -3.33. The van der Waals surface area contributed by atoms with Crippen LogP contribution in [0.1, 0.15) is 11.3 Å². The molecule has 0 amide bonds. The van der Waals surface area contributed by atoms with Crippen molar-refractivity contribution in [3.8, 4) is 5.69 Å². The fourth-order valence-electron chi connectivity index (χ4n) is 2.30. The van der Waals surface area contributed by atoms with E-state index in [1.165, 1.54) is 36.5 Å². The first-order valence-corrected chi connectivity index (χ1v) is 8.96. The Labute approximate surface area is 148 Å². The summed E-state index contributed by atoms with van der Waals surface area (Å²) in [5.74, 6) is 0. The van der Waals surface area contributed by atoms with E-state index in [1.54, 1.807) is 25.1 Å². The Morgan fingerprint density at radius 1 is 1.04 bits per heavy atom. The van der Waals surface area contributed by atoms with Crippen LogP contribution in [-0.4, -0.2) is 18.2 Å². The lowest BCUT2D eigenvalue weighted by Crippen LogP contribution is -2.13. The number of aromatic nitrogens is 2. The molecule has 3 rings (SSSR count). The molecule has 0 aliphatic rings. The van der Waals surface area contributed by atoms with Gasteiger partial charge in [-0.25, -0.2) is 13.1 Å². The molecule has 1 heterocycles. The fraction of sp³-hybridized carbons (Fsp3) is 0.118. The first kappa shape index (κ1) is 18.0. The van der Waals surface area contributed by atoms with Crippen molar-refractivity contribution in [3.63, 3.8) is 0 Å². The summed E-state index contributed by atoms with van der Waals surface area (Å²) in [4.78, 5) is 0.128. The van der Waals surface area contributed by atoms with Gasteiger partial charge in [0.25, 0.3) is 10.0 Å². The molecule has 0 fully saturated rings. The molecule has 1 N–H and O–H groups in total. The van der Waals surface area contributed by atoms with Crippen molar-refractivity contribution in [1.29, 1.82) is 0 Å². The molecule has 1 aromatic heterocycles. The molecular formula is C17H14F3N3O2S. The lowest BCUT2D eigenvalue weighted by molar-refractivity contribution is -0.141. The van der Waals surface area contributed by atoms with E-state index in [-0.39, 0.29) is 4.90 Å². The van der Waals surface area contributed by atoms with Crippen molar-refractivity contribution in [3.05, 3.63) is 72.1 Å². The second-order valence-electron chi connectivity index (χ2n) is 5.61. The minimum Gasteiger partial charge on any atom is -0.280 e. The number of nitrogens with one attached hydrogen (secondary N) is 1. The Kier molecular flexibility index (Phi) is 4.49. The van der Waals surface area contributed by atoms with Crippen molar-refractivity contribution >= 4 is 15.7 Å². The van der Waals surface area contributed by atoms with Crippen molar-refractivity contribution in [2.75, 3.05) is 4.72 Å². The van der Waals surface area contributed by atoms with E-state index in [0.717, 1.165) is 16.3 Å². The molecule has 26 heavy (non-hydrogen) atoms. The van der Waals surface area contributed by atoms with E-state index in [2.05, 4.69) is 9.82 Å². The standard InChI is InChI=1S/C17H14F3N3O2S/c1-12-3-2-4-15(11-12)26(24,25)22-13-5-7-14(8-6-13)23-10-9-16(21-23)17(18,19)20/h2-11,22H,1H3. The van der Waals surface area contributed by atoms with Crippen LogP contribution in [-0.2, 0) is 16.2 Å². The first-order valence-electron chi connectivity index (χ1n) is 7.48. The van der Waals surface area contributed by atoms with Crippen LogP contribution in [0.2, 0.25) is 0 Å². The topological polar surface area (TPSA) is 64.0 Å². The number of rotatable bonds is 4. The van der Waals surface area contributed by atoms with Gasteiger partial charge >= 0.3 is 6.18 Å². The normalized spacial score (nSPS) is 12.2. The summed E-state index contributed by atoms with van der Waals surface area (Å²) in [6, 6.07) is 13.2. The summed E-state index contributed by atoms with van der Waals surface area (Å²) in [7, 11) is -3.75. The minimum atomic E-state index is -4.52. The maximum absolute atomic E-state index is 12.6. The van der Waals surface area contributed by atoms with Gasteiger partial charge in [0, 0.05) is 11.9 Å². The number of alkyl halides is 3. The van der Waals surface area contributed by atoms with E-state index in [9.17, 15) is 21.6 Å². The van der Waals surface area contributed by atoms with Crippen molar-refractivity contribution in [1.82, 2.24) is 9.78 Å². The molecule has 0 spiro atoms. The maximum atomic E-state index is 12.6. The Hall–Kier alpha value is -2.81. The van der Waals surface area contributed by atoms with Crippen LogP contribution in [0.3, 0.4) is 0 Å². The molecule has 0 radical (unpaired) electrons. The number of aryl methyl sites for hydroxylation is 1. The molecule has 0 aliphatic heterocycles. The summed E-state index contributed by atoms with van der Waals surface area (Å²) in [6.45, 7) is 1.78. The number of halogens is 3. The van der Waals surface area contributed by atoms with Gasteiger partial charge in [-0.2, -0.15) is 18.3 Å². The molecule has 0 bridgehead atoms. The van der Waals surface area contributed by atoms with E-state index in [4.69, 9.17) is 0 Å². The van der Waals surface area contributed by atoms with Gasteiger partial charge in [0.05, 0.1) is 10.6 Å². The number of hydrogen-bond acceptors (Lipinski definition) is 3. The van der Waals surface area contributed by atoms with Gasteiger partial charge in [-0.3, -0.25) is 4.72 Å². The summed E-state index contributed by atoms with van der Waals surface area (Å²) < 4.78 is 66.1. The molecule has 0 unspecified atom stereocenters. The third-order valence-electron chi connectivity index (χ3n) is 3.56. The molecule has 0 atom stereocenters. The van der Waals surface area contributed by atoms with E-state index >= 15 is 0 Å². The molecule has 0 saturated heterocycles. The predicted molar refractivity (Wildman–Crippen MR) is 90.6 cm³/mol. The highest BCUT2D eigenvalue weighted by molar-refractivity contribution is 7.92. The molecule has 3 aromatic rings. The average molecular weight is 381 g/mol. The summed E-state index contributed by atoms with van der Waals surface area (Å²) in [5, 5.41) is 3.47. The maximum Gasteiger partial charge on any atom is 0.435 e. The van der Waals surface area contributed by atoms with Gasteiger partial charge in [-0.1, -0.05) is 12.1 Å². The lowest BCUT2D eigenvalue weighted by atomic mass is 10.2. The SMILES string of the molecule is Cc1cccc(S(=O)(=O)Nc2ccc(-n3ccc(C(F)(F)F)n3)cc2)c1. The quantitative estimate of drug-likeness (QED) is 0.743. The predicted octanol–water partition coefficient (Wildman–Crippen LogP) is 4.00. The lowest BCUT2D eigenvalue weighted by Gasteiger charge is -2.09. The average Bonchev–Trinajstić information content (AvgIpc) is 3.05. The molecule has 136 valence electrons. The zero-order valence-electron chi connectivity index (χ0n) is 13.5. The van der Waals surface area contributed by atoms with Crippen molar-refractivity contribution < 1.29 is 21.6 Å². The van der Waals surface area contributed by atoms with E-state index in [1.807, 2.05) is 0 Å². The van der Waals surface area contributed by atoms with Gasteiger partial charge in [0.1, 0.15) is 0 Å². The monoisotopic (exact) mass is 381 g/mol. The van der Waals surface area contributed by atoms with Crippen LogP contribution >= 0.6 is 0 Å². The van der Waals surface area contributed by atoms with Crippen LogP contribution in [0.15, 0.2) is 65.7 Å². The van der Waals surface area contributed by atoms with Crippen LogP contribution < -0.4 is 4.72 Å². The highest BCUT2D eigenvalue weighted by Gasteiger charge is 2.33. The minimum absolute atomic E-state index is 0.128. The summed E-state index contributed by atoms with van der Waals surface area (Å²) >= 11 is 0. The largest absolute Gasteiger partial charge is 0.435 e. The molecule has 9 heteroatoms. The van der Waals surface area contributed by atoms with Crippen molar-refractivity contribution in [2.45, 2.75) is 18.0 Å². The number of sulfonamides is 1. The Morgan fingerprint density at radius 2 is 1.73 bits per heavy atom. The van der Waals surface area contributed by atoms with Gasteiger partial charge in [0.15, 0.2) is 5.69 Å². The third kappa shape index (κ3) is 3.88. The number of hydrogen-bond donors (Lipinski definition) is 1. The van der Waals surface area contributed by atoms with Crippen molar-refractivity contribution in [2.24, 2.45) is 0 Å². The smallest absolute Gasteiger partial charge is 0.280 e. The Morgan fingerprint density at radius 3 is 2.31 bits per heavy atom. The second-order valence-corrected chi connectivity index (χ2v) is 7.29. The zero-order valence-corrected chi connectivity index (χ0v) is 14.3. The molecule has 0 saturated carbocycles. The number of nitrogens with zero attached hydrogens (tertiary/aromatic N) is 2. The molecule has 5 nitrogen and oxygen atoms in total. The molecule has 2 aromatic carbocycles. The van der Waals surface area contributed by atoms with Gasteiger partial charge in [-0.05, 0) is 55.0 Å². The van der Waals surface area contributed by atoms with E-state index in [0.29, 0.717) is 11.4 Å². The first-order chi connectivity index (χ1) is 12.1. The van der Waals surface area contributed by atoms with Gasteiger partial charge in [-0.15, -0.1) is 0 Å². The number of benzene rings is 2. The highest BCUT2D eigenvalue weighted by atomic mass is 32.2. The Bertz CT molecular complexity index is 1030. The summed E-state index contributed by atoms with van der Waals surface area (Å²) in [5.41, 5.74) is 0.474. The van der Waals surface area contributed by atoms with Crippen LogP contribution in [0.4, 0.5) is 18.9 Å². The Balaban J connectivity index is 1.81. The second kappa shape index (κ2) is 6.49. The number of anilines is 1. The fourth-order valence-corrected chi connectivity index (χ4v) is 3.46. The third-order valence-corrected chi connectivity index (χ3v) is 4.94. The molecular weight excluding hydrogens is 367 g/mol. The van der Waals surface area contributed by atoms with Gasteiger partial charge in [0.2, 0.25) is 0 Å². The van der Waals surface area contributed by atoms with Crippen LogP contribution in [0.25, 0.3) is 5.69 Å². The zero-order chi connectivity index (χ0) is 18.9. The molecule has 0 aliphatic carbocycles. The highest BCUT2D eigenvalue weighted by Crippen LogP contribution is 2.28. The van der Waals surface area contributed by atoms with Crippen LogP contribution in [0, 0.1) is 6.92 Å². The van der Waals surface area contributed by atoms with Crippen LogP contribution in [0.5, 0.6) is 0 Å². The van der Waals surface area contributed by atoms with E-state index < -0.39 is 21.9 Å². The van der Waals surface area contributed by atoms with Gasteiger partial charge < -0.3 is 0 Å².